The van der Waals surface area contributed by atoms with Crippen LogP contribution in [-0.4, -0.2) is 72.6 Å². The minimum atomic E-state index is 0.120. The van der Waals surface area contributed by atoms with E-state index in [1.54, 1.807) is 11.3 Å². The molecule has 2 amide bonds. The predicted molar refractivity (Wildman–Crippen MR) is 104 cm³/mol. The summed E-state index contributed by atoms with van der Waals surface area (Å²) in [6.07, 6.45) is 2.08. The number of urea groups is 1. The summed E-state index contributed by atoms with van der Waals surface area (Å²) in [7, 11) is 0. The van der Waals surface area contributed by atoms with Gasteiger partial charge in [-0.05, 0) is 31.2 Å². The van der Waals surface area contributed by atoms with Gasteiger partial charge in [0.1, 0.15) is 0 Å². The second-order valence-electron chi connectivity index (χ2n) is 7.30. The molecule has 1 aromatic heterocycles. The number of hydrogen-bond donors (Lipinski definition) is 1. The van der Waals surface area contributed by atoms with Crippen molar-refractivity contribution in [3.63, 3.8) is 0 Å². The Morgan fingerprint density at radius 2 is 1.92 bits per heavy atom. The van der Waals surface area contributed by atoms with Gasteiger partial charge in [-0.25, -0.2) is 4.79 Å². The molecule has 1 N–H and O–H groups in total. The van der Waals surface area contributed by atoms with E-state index in [-0.39, 0.29) is 6.03 Å². The van der Waals surface area contributed by atoms with Crippen molar-refractivity contribution in [2.75, 3.05) is 45.8 Å². The Bertz CT molecular complexity index is 558. The summed E-state index contributed by atoms with van der Waals surface area (Å²) in [6, 6.07) is 4.72. The lowest BCUT2D eigenvalue weighted by molar-refractivity contribution is 0.129. The second-order valence-corrected chi connectivity index (χ2v) is 8.33. The van der Waals surface area contributed by atoms with E-state index >= 15 is 0 Å². The molecule has 25 heavy (non-hydrogen) atoms. The van der Waals surface area contributed by atoms with E-state index in [4.69, 9.17) is 0 Å². The summed E-state index contributed by atoms with van der Waals surface area (Å²) >= 11 is 1.81. The maximum absolute atomic E-state index is 12.5. The van der Waals surface area contributed by atoms with Crippen LogP contribution in [0, 0.1) is 0 Å². The summed E-state index contributed by atoms with van der Waals surface area (Å²) < 4.78 is 0. The fraction of sp³-hybridized carbons (Fsp3) is 0.632. The summed E-state index contributed by atoms with van der Waals surface area (Å²) in [6.45, 7) is 13.7. The van der Waals surface area contributed by atoms with Crippen molar-refractivity contribution in [1.29, 1.82) is 0 Å². The van der Waals surface area contributed by atoms with Gasteiger partial charge >= 0.3 is 6.03 Å². The Morgan fingerprint density at radius 1 is 1.20 bits per heavy atom. The van der Waals surface area contributed by atoms with Crippen LogP contribution in [0.5, 0.6) is 0 Å². The SMILES string of the molecule is C=C(C)CN1CCC(NC(=O)N2CCN(Cc3cccs3)CC2)CC1. The molecule has 0 radical (unpaired) electrons. The highest BCUT2D eigenvalue weighted by molar-refractivity contribution is 7.09. The Kier molecular flexibility index (Phi) is 6.51. The number of nitrogens with one attached hydrogen (secondary N) is 1. The van der Waals surface area contributed by atoms with Crippen molar-refractivity contribution in [2.24, 2.45) is 0 Å². The van der Waals surface area contributed by atoms with Crippen molar-refractivity contribution in [2.45, 2.75) is 32.4 Å². The Morgan fingerprint density at radius 3 is 2.52 bits per heavy atom. The van der Waals surface area contributed by atoms with Gasteiger partial charge in [0.15, 0.2) is 0 Å². The molecule has 0 aromatic carbocycles. The maximum atomic E-state index is 12.5. The molecular formula is C19H30N4OS. The van der Waals surface area contributed by atoms with Crippen molar-refractivity contribution in [1.82, 2.24) is 20.0 Å². The van der Waals surface area contributed by atoms with Crippen LogP contribution in [0.2, 0.25) is 0 Å². The molecular weight excluding hydrogens is 332 g/mol. The van der Waals surface area contributed by atoms with Gasteiger partial charge in [0.2, 0.25) is 0 Å². The summed E-state index contributed by atoms with van der Waals surface area (Å²) in [5.74, 6) is 0. The normalized spacial score (nSPS) is 20.6. The number of carbonyl (C=O) groups is 1. The van der Waals surface area contributed by atoms with E-state index in [9.17, 15) is 4.79 Å². The average Bonchev–Trinajstić information content (AvgIpc) is 3.10. The molecule has 6 heteroatoms. The third-order valence-electron chi connectivity index (χ3n) is 5.03. The first kappa shape index (κ1) is 18.4. The molecule has 2 aliphatic rings. The van der Waals surface area contributed by atoms with Crippen LogP contribution in [0.15, 0.2) is 29.7 Å². The summed E-state index contributed by atoms with van der Waals surface area (Å²) in [4.78, 5) is 20.8. The lowest BCUT2D eigenvalue weighted by Gasteiger charge is -2.37. The number of carbonyl (C=O) groups excluding carboxylic acids is 1. The average molecular weight is 363 g/mol. The zero-order valence-corrected chi connectivity index (χ0v) is 16.1. The van der Waals surface area contributed by atoms with Crippen LogP contribution in [-0.2, 0) is 6.54 Å². The van der Waals surface area contributed by atoms with Crippen molar-refractivity contribution < 1.29 is 4.79 Å². The van der Waals surface area contributed by atoms with Crippen LogP contribution in [0.25, 0.3) is 0 Å². The molecule has 3 rings (SSSR count). The highest BCUT2D eigenvalue weighted by Gasteiger charge is 2.25. The van der Waals surface area contributed by atoms with Crippen molar-refractivity contribution in [3.8, 4) is 0 Å². The van der Waals surface area contributed by atoms with E-state index in [1.165, 1.54) is 10.5 Å². The summed E-state index contributed by atoms with van der Waals surface area (Å²) in [5, 5.41) is 5.37. The third kappa shape index (κ3) is 5.56. The van der Waals surface area contributed by atoms with E-state index in [2.05, 4.69) is 46.1 Å². The number of piperidine rings is 1. The lowest BCUT2D eigenvalue weighted by atomic mass is 10.0. The van der Waals surface area contributed by atoms with E-state index < -0.39 is 0 Å². The molecule has 0 atom stereocenters. The van der Waals surface area contributed by atoms with Crippen LogP contribution < -0.4 is 5.32 Å². The number of hydrogen-bond acceptors (Lipinski definition) is 4. The minimum Gasteiger partial charge on any atom is -0.335 e. The van der Waals surface area contributed by atoms with E-state index in [0.29, 0.717) is 6.04 Å². The Balaban J connectivity index is 1.36. The van der Waals surface area contributed by atoms with Crippen LogP contribution >= 0.6 is 11.3 Å². The van der Waals surface area contributed by atoms with Gasteiger partial charge in [0.05, 0.1) is 0 Å². The quantitative estimate of drug-likeness (QED) is 0.819. The molecule has 5 nitrogen and oxygen atoms in total. The molecule has 138 valence electrons. The number of nitrogens with zero attached hydrogens (tertiary/aromatic N) is 3. The fourth-order valence-electron chi connectivity index (χ4n) is 3.62. The summed E-state index contributed by atoms with van der Waals surface area (Å²) in [5.41, 5.74) is 1.21. The molecule has 0 aliphatic carbocycles. The van der Waals surface area contributed by atoms with Gasteiger partial charge in [-0.15, -0.1) is 11.3 Å². The highest BCUT2D eigenvalue weighted by Crippen LogP contribution is 2.15. The Labute approximate surface area is 155 Å². The largest absolute Gasteiger partial charge is 0.335 e. The van der Waals surface area contributed by atoms with Gasteiger partial charge in [-0.3, -0.25) is 9.80 Å². The number of amides is 2. The first-order valence-electron chi connectivity index (χ1n) is 9.27. The van der Waals surface area contributed by atoms with Crippen LogP contribution in [0.1, 0.15) is 24.6 Å². The first-order chi connectivity index (χ1) is 12.1. The lowest BCUT2D eigenvalue weighted by Crippen LogP contribution is -2.54. The molecule has 0 spiro atoms. The number of likely N-dealkylation sites (tertiary alicyclic amines) is 1. The van der Waals surface area contributed by atoms with Gasteiger partial charge in [-0.2, -0.15) is 0 Å². The number of piperazine rings is 1. The molecule has 2 aliphatic heterocycles. The van der Waals surface area contributed by atoms with E-state index in [1.807, 2.05) is 4.90 Å². The van der Waals surface area contributed by atoms with Gasteiger partial charge in [0, 0.05) is 63.3 Å². The van der Waals surface area contributed by atoms with Gasteiger partial charge < -0.3 is 10.2 Å². The minimum absolute atomic E-state index is 0.120. The first-order valence-corrected chi connectivity index (χ1v) is 10.1. The molecule has 2 fully saturated rings. The molecule has 1 aromatic rings. The predicted octanol–water partition coefficient (Wildman–Crippen LogP) is 2.62. The fourth-order valence-corrected chi connectivity index (χ4v) is 4.36. The maximum Gasteiger partial charge on any atom is 0.317 e. The van der Waals surface area contributed by atoms with Crippen LogP contribution in [0.3, 0.4) is 0 Å². The second kappa shape index (κ2) is 8.83. The third-order valence-corrected chi connectivity index (χ3v) is 5.89. The number of rotatable bonds is 5. The smallest absolute Gasteiger partial charge is 0.317 e. The van der Waals surface area contributed by atoms with E-state index in [0.717, 1.165) is 65.2 Å². The van der Waals surface area contributed by atoms with Crippen molar-refractivity contribution in [3.05, 3.63) is 34.5 Å². The van der Waals surface area contributed by atoms with Crippen LogP contribution in [0.4, 0.5) is 4.79 Å². The standard InChI is InChI=1S/C19H30N4OS/c1-16(2)14-21-7-5-17(6-8-21)20-19(24)23-11-9-22(10-12-23)15-18-4-3-13-25-18/h3-4,13,17H,1,5-12,14-15H2,2H3,(H,20,24). The molecule has 0 bridgehead atoms. The zero-order valence-electron chi connectivity index (χ0n) is 15.2. The molecule has 2 saturated heterocycles. The zero-order chi connectivity index (χ0) is 17.6. The Hall–Kier alpha value is -1.37. The number of thiophene rings is 1. The molecule has 0 saturated carbocycles. The monoisotopic (exact) mass is 362 g/mol. The van der Waals surface area contributed by atoms with Gasteiger partial charge in [-0.1, -0.05) is 18.2 Å². The molecule has 0 unspecified atom stereocenters. The highest BCUT2D eigenvalue weighted by atomic mass is 32.1. The molecule has 3 heterocycles. The van der Waals surface area contributed by atoms with Crippen molar-refractivity contribution >= 4 is 17.4 Å². The topological polar surface area (TPSA) is 38.8 Å². The van der Waals surface area contributed by atoms with Gasteiger partial charge in [0.25, 0.3) is 0 Å².